The van der Waals surface area contributed by atoms with Crippen molar-refractivity contribution in [2.45, 2.75) is 109 Å². The molecule has 172 valence electrons. The van der Waals surface area contributed by atoms with Crippen LogP contribution in [0.25, 0.3) is 0 Å². The molecule has 0 aromatic heterocycles. The van der Waals surface area contributed by atoms with Crippen molar-refractivity contribution in [3.63, 3.8) is 0 Å². The van der Waals surface area contributed by atoms with E-state index in [0.29, 0.717) is 5.92 Å². The summed E-state index contributed by atoms with van der Waals surface area (Å²) in [6.45, 7) is 6.13. The summed E-state index contributed by atoms with van der Waals surface area (Å²) in [6, 6.07) is 6.10. The molecule has 31 heavy (non-hydrogen) atoms. The molecule has 3 saturated carbocycles. The second kappa shape index (κ2) is 11.2. The monoisotopic (exact) mass is 424 g/mol. The van der Waals surface area contributed by atoms with E-state index in [0.717, 1.165) is 48.0 Å². The van der Waals surface area contributed by atoms with Crippen LogP contribution in [-0.2, 0) is 6.42 Å². The third kappa shape index (κ3) is 6.02. The lowest BCUT2D eigenvalue weighted by atomic mass is 9.63. The highest BCUT2D eigenvalue weighted by atomic mass is 19.1. The maximum Gasteiger partial charge on any atom is 0.126 e. The van der Waals surface area contributed by atoms with Crippen LogP contribution in [0.4, 0.5) is 4.39 Å². The number of fused-ring (bicyclic) bond motifs is 1. The molecule has 4 rings (SSSR count). The maximum atomic E-state index is 14.6. The van der Waals surface area contributed by atoms with E-state index in [-0.39, 0.29) is 5.82 Å². The molecule has 0 saturated heterocycles. The molecule has 3 aliphatic rings. The molecule has 0 radical (unpaired) electrons. The van der Waals surface area contributed by atoms with Gasteiger partial charge in [-0.1, -0.05) is 76.5 Å². The van der Waals surface area contributed by atoms with Gasteiger partial charge in [-0.15, -0.1) is 6.58 Å². The first-order chi connectivity index (χ1) is 15.2. The molecule has 1 heteroatoms. The lowest BCUT2D eigenvalue weighted by molar-refractivity contribution is 0.108. The van der Waals surface area contributed by atoms with Crippen molar-refractivity contribution in [2.75, 3.05) is 0 Å². The van der Waals surface area contributed by atoms with Crippen LogP contribution < -0.4 is 0 Å². The maximum absolute atomic E-state index is 14.6. The van der Waals surface area contributed by atoms with Gasteiger partial charge in [0.2, 0.25) is 0 Å². The molecule has 0 aliphatic heterocycles. The highest BCUT2D eigenvalue weighted by Gasteiger charge is 2.36. The fourth-order valence-corrected chi connectivity index (χ4v) is 7.23. The first kappa shape index (κ1) is 23.1. The van der Waals surface area contributed by atoms with Gasteiger partial charge in [0.15, 0.2) is 0 Å². The third-order valence-corrected chi connectivity index (χ3v) is 9.41. The van der Waals surface area contributed by atoms with Crippen LogP contribution in [-0.4, -0.2) is 0 Å². The van der Waals surface area contributed by atoms with Crippen molar-refractivity contribution in [2.24, 2.45) is 29.6 Å². The van der Waals surface area contributed by atoms with Crippen LogP contribution in [0.2, 0.25) is 0 Å². The van der Waals surface area contributed by atoms with Gasteiger partial charge < -0.3 is 0 Å². The number of hydrogen-bond donors (Lipinski definition) is 0. The SMILES string of the molecule is C=CCCc1ccc(C2CCC3CC(CCC4CCC(CC)CC4)CCC3C2)cc1F. The molecule has 4 atom stereocenters. The molecule has 0 N–H and O–H groups in total. The van der Waals surface area contributed by atoms with Gasteiger partial charge in [-0.25, -0.2) is 4.39 Å². The molecule has 3 fully saturated rings. The van der Waals surface area contributed by atoms with E-state index in [1.807, 2.05) is 18.2 Å². The van der Waals surface area contributed by atoms with E-state index in [9.17, 15) is 4.39 Å². The van der Waals surface area contributed by atoms with Gasteiger partial charge in [0.05, 0.1) is 0 Å². The Kier molecular flexibility index (Phi) is 8.30. The molecule has 1 aromatic rings. The summed E-state index contributed by atoms with van der Waals surface area (Å²) in [7, 11) is 0. The largest absolute Gasteiger partial charge is 0.207 e. The molecule has 0 nitrogen and oxygen atoms in total. The van der Waals surface area contributed by atoms with E-state index < -0.39 is 0 Å². The number of rotatable bonds is 8. The zero-order valence-electron chi connectivity index (χ0n) is 20.0. The summed E-state index contributed by atoms with van der Waals surface area (Å²) in [5, 5.41) is 0. The number of allylic oxidation sites excluding steroid dienone is 1. The van der Waals surface area contributed by atoms with Gasteiger partial charge in [0.25, 0.3) is 0 Å². The summed E-state index contributed by atoms with van der Waals surface area (Å²) in [5.41, 5.74) is 2.10. The molecule has 4 unspecified atom stereocenters. The second-order valence-electron chi connectivity index (χ2n) is 11.3. The minimum Gasteiger partial charge on any atom is -0.207 e. The van der Waals surface area contributed by atoms with Crippen molar-refractivity contribution >= 4 is 0 Å². The van der Waals surface area contributed by atoms with Gasteiger partial charge in [0.1, 0.15) is 5.82 Å². The second-order valence-corrected chi connectivity index (χ2v) is 11.3. The van der Waals surface area contributed by atoms with E-state index in [4.69, 9.17) is 0 Å². The summed E-state index contributed by atoms with van der Waals surface area (Å²) in [6.07, 6.45) is 22.2. The third-order valence-electron chi connectivity index (χ3n) is 9.41. The molecule has 0 bridgehead atoms. The van der Waals surface area contributed by atoms with Gasteiger partial charge in [-0.3, -0.25) is 0 Å². The summed E-state index contributed by atoms with van der Waals surface area (Å²) >= 11 is 0. The Labute approximate surface area is 191 Å². The van der Waals surface area contributed by atoms with Gasteiger partial charge >= 0.3 is 0 Å². The van der Waals surface area contributed by atoms with E-state index in [1.54, 1.807) is 0 Å². The normalized spacial score (nSPS) is 33.6. The summed E-state index contributed by atoms with van der Waals surface area (Å²) < 4.78 is 14.6. The van der Waals surface area contributed by atoms with Crippen molar-refractivity contribution in [1.29, 1.82) is 0 Å². The first-order valence-corrected chi connectivity index (χ1v) is 13.5. The van der Waals surface area contributed by atoms with Gasteiger partial charge in [-0.05, 0) is 97.6 Å². The lowest BCUT2D eigenvalue weighted by Crippen LogP contribution is -2.30. The fraction of sp³-hybridized carbons (Fsp3) is 0.733. The molecule has 0 heterocycles. The average molecular weight is 425 g/mol. The Morgan fingerprint density at radius 1 is 0.871 bits per heavy atom. The van der Waals surface area contributed by atoms with Crippen molar-refractivity contribution in [3.8, 4) is 0 Å². The Morgan fingerprint density at radius 2 is 1.55 bits per heavy atom. The zero-order valence-corrected chi connectivity index (χ0v) is 20.0. The number of hydrogen-bond acceptors (Lipinski definition) is 0. The van der Waals surface area contributed by atoms with Crippen LogP contribution in [0.1, 0.15) is 114 Å². The van der Waals surface area contributed by atoms with Crippen LogP contribution >= 0.6 is 0 Å². The van der Waals surface area contributed by atoms with E-state index in [1.165, 1.54) is 89.0 Å². The first-order valence-electron chi connectivity index (χ1n) is 13.5. The van der Waals surface area contributed by atoms with Crippen LogP contribution in [0.15, 0.2) is 30.9 Å². The van der Waals surface area contributed by atoms with Crippen LogP contribution in [0, 0.1) is 35.4 Å². The molecule has 3 aliphatic carbocycles. The van der Waals surface area contributed by atoms with E-state index in [2.05, 4.69) is 19.6 Å². The Hall–Kier alpha value is -1.11. The quantitative estimate of drug-likeness (QED) is 0.365. The number of benzene rings is 1. The lowest BCUT2D eigenvalue weighted by Gasteiger charge is -2.43. The minimum absolute atomic E-state index is 0.00171. The predicted molar refractivity (Wildman–Crippen MR) is 131 cm³/mol. The summed E-state index contributed by atoms with van der Waals surface area (Å²) in [4.78, 5) is 0. The van der Waals surface area contributed by atoms with E-state index >= 15 is 0 Å². The Morgan fingerprint density at radius 3 is 2.29 bits per heavy atom. The van der Waals surface area contributed by atoms with Gasteiger partial charge in [-0.2, -0.15) is 0 Å². The highest BCUT2D eigenvalue weighted by Crippen LogP contribution is 2.49. The molecule has 0 amide bonds. The molecular weight excluding hydrogens is 379 g/mol. The van der Waals surface area contributed by atoms with Crippen LogP contribution in [0.3, 0.4) is 0 Å². The highest BCUT2D eigenvalue weighted by molar-refractivity contribution is 5.28. The predicted octanol–water partition coefficient (Wildman–Crippen LogP) is 9.24. The van der Waals surface area contributed by atoms with Crippen LogP contribution in [0.5, 0.6) is 0 Å². The molecule has 1 aromatic carbocycles. The Balaban J connectivity index is 1.23. The smallest absolute Gasteiger partial charge is 0.126 e. The minimum atomic E-state index is -0.00171. The topological polar surface area (TPSA) is 0 Å². The number of halogens is 1. The van der Waals surface area contributed by atoms with Crippen molar-refractivity contribution in [1.82, 2.24) is 0 Å². The van der Waals surface area contributed by atoms with Crippen molar-refractivity contribution < 1.29 is 4.39 Å². The molecule has 0 spiro atoms. The van der Waals surface area contributed by atoms with Gasteiger partial charge in [0, 0.05) is 0 Å². The summed E-state index contributed by atoms with van der Waals surface area (Å²) in [5.74, 6) is 5.45. The Bertz CT molecular complexity index is 698. The number of aryl methyl sites for hydroxylation is 1. The zero-order chi connectivity index (χ0) is 21.6. The van der Waals surface area contributed by atoms with Crippen molar-refractivity contribution in [3.05, 3.63) is 47.8 Å². The standard InChI is InChI=1S/C30H45F/c1-3-5-6-25-15-16-29(21-30(25)31)28-18-17-26-19-24(13-14-27(26)20-28)12-11-23-9-7-22(4-2)8-10-23/h3,15-16,21-24,26-28H,1,4-14,17-20H2,2H3. The average Bonchev–Trinajstić information content (AvgIpc) is 2.82. The molecular formula is C30H45F. The fourth-order valence-electron chi connectivity index (χ4n) is 7.23.